The van der Waals surface area contributed by atoms with Crippen LogP contribution in [0.4, 0.5) is 0 Å². The van der Waals surface area contributed by atoms with Crippen LogP contribution in [0.25, 0.3) is 98.8 Å². The largest absolute Gasteiger partial charge is 0.456 e. The summed E-state index contributed by atoms with van der Waals surface area (Å²) in [5.41, 5.74) is 14.6. The molecule has 9 aromatic carbocycles. The van der Waals surface area contributed by atoms with E-state index in [0.717, 1.165) is 11.2 Å². The normalized spacial score (nSPS) is 13.3. The van der Waals surface area contributed by atoms with Crippen LogP contribution in [0.3, 0.4) is 0 Å². The molecule has 0 fully saturated rings. The third-order valence-electron chi connectivity index (χ3n) is 11.6. The predicted octanol–water partition coefficient (Wildman–Crippen LogP) is 14.4. The summed E-state index contributed by atoms with van der Waals surface area (Å²) in [6, 6.07) is 62.6. The Morgan fingerprint density at radius 2 is 0.885 bits per heavy atom. The topological polar surface area (TPSA) is 13.1 Å². The first-order valence-electron chi connectivity index (χ1n) is 18.2. The molecule has 1 heteroatoms. The molecule has 0 N–H and O–H groups in total. The lowest BCUT2D eigenvalue weighted by molar-refractivity contribution is 0.647. The summed E-state index contributed by atoms with van der Waals surface area (Å²) in [5.74, 6) is 0. The van der Waals surface area contributed by atoms with Crippen LogP contribution in [0.2, 0.25) is 0 Å². The summed E-state index contributed by atoms with van der Waals surface area (Å²) < 4.78 is 6.31. The molecule has 11 rings (SSSR count). The summed E-state index contributed by atoms with van der Waals surface area (Å²) >= 11 is 0. The average Bonchev–Trinajstić information content (AvgIpc) is 3.66. The standard InChI is InChI=1S/C51H34O/c1-51(2)45-26-25-35(28-42(45)43-29-44-37-13-9-10-18-47(37)52-48(44)30-46(43)51)32-19-22-33(23-20-32)49-38-14-5-7-16-40(38)50(41-17-8-6-15-39(41)49)36-24-21-31-11-3-4-12-34(31)27-36/h3-30H,1-2H3. The molecular formula is C51H34O. The van der Waals surface area contributed by atoms with Gasteiger partial charge in [0.2, 0.25) is 0 Å². The van der Waals surface area contributed by atoms with Crippen molar-refractivity contribution >= 4 is 54.3 Å². The molecule has 10 aromatic rings. The van der Waals surface area contributed by atoms with E-state index in [-0.39, 0.29) is 5.41 Å². The lowest BCUT2D eigenvalue weighted by Gasteiger charge is -2.21. The van der Waals surface area contributed by atoms with E-state index in [4.69, 9.17) is 4.42 Å². The monoisotopic (exact) mass is 662 g/mol. The van der Waals surface area contributed by atoms with Crippen molar-refractivity contribution < 1.29 is 4.42 Å². The highest BCUT2D eigenvalue weighted by molar-refractivity contribution is 6.21. The molecule has 0 spiro atoms. The van der Waals surface area contributed by atoms with Gasteiger partial charge in [0, 0.05) is 16.2 Å². The van der Waals surface area contributed by atoms with E-state index in [2.05, 4.69) is 178 Å². The third-order valence-corrected chi connectivity index (χ3v) is 11.6. The van der Waals surface area contributed by atoms with Crippen molar-refractivity contribution in [3.8, 4) is 44.5 Å². The maximum atomic E-state index is 6.31. The van der Waals surface area contributed by atoms with Gasteiger partial charge in [-0.2, -0.15) is 0 Å². The van der Waals surface area contributed by atoms with Gasteiger partial charge in [0.15, 0.2) is 0 Å². The molecule has 0 radical (unpaired) electrons. The van der Waals surface area contributed by atoms with E-state index in [9.17, 15) is 0 Å². The highest BCUT2D eigenvalue weighted by Crippen LogP contribution is 2.52. The maximum Gasteiger partial charge on any atom is 0.135 e. The van der Waals surface area contributed by atoms with E-state index in [1.807, 2.05) is 6.07 Å². The van der Waals surface area contributed by atoms with Crippen molar-refractivity contribution in [2.24, 2.45) is 0 Å². The van der Waals surface area contributed by atoms with Crippen LogP contribution in [-0.4, -0.2) is 0 Å². The van der Waals surface area contributed by atoms with Crippen molar-refractivity contribution in [1.82, 2.24) is 0 Å². The van der Waals surface area contributed by atoms with Crippen LogP contribution < -0.4 is 0 Å². The van der Waals surface area contributed by atoms with Gasteiger partial charge in [-0.05, 0) is 118 Å². The third kappa shape index (κ3) is 4.17. The summed E-state index contributed by atoms with van der Waals surface area (Å²) in [7, 11) is 0. The van der Waals surface area contributed by atoms with Crippen molar-refractivity contribution in [1.29, 1.82) is 0 Å². The molecule has 0 amide bonds. The average molecular weight is 663 g/mol. The molecule has 0 atom stereocenters. The first kappa shape index (κ1) is 29.3. The Morgan fingerprint density at radius 1 is 0.346 bits per heavy atom. The van der Waals surface area contributed by atoms with Gasteiger partial charge in [-0.1, -0.05) is 153 Å². The van der Waals surface area contributed by atoms with Crippen LogP contribution in [0.5, 0.6) is 0 Å². The molecule has 0 saturated carbocycles. The summed E-state index contributed by atoms with van der Waals surface area (Å²) in [6.45, 7) is 4.67. The van der Waals surface area contributed by atoms with Crippen LogP contribution in [0, 0.1) is 0 Å². The molecule has 1 aliphatic rings. The van der Waals surface area contributed by atoms with Gasteiger partial charge in [-0.25, -0.2) is 0 Å². The van der Waals surface area contributed by atoms with Gasteiger partial charge in [-0.3, -0.25) is 0 Å². The Morgan fingerprint density at radius 3 is 1.60 bits per heavy atom. The van der Waals surface area contributed by atoms with Crippen molar-refractivity contribution in [2.75, 3.05) is 0 Å². The molecule has 0 unspecified atom stereocenters. The fourth-order valence-corrected chi connectivity index (χ4v) is 9.07. The van der Waals surface area contributed by atoms with Crippen LogP contribution in [-0.2, 0) is 5.41 Å². The number of fused-ring (bicyclic) bond motifs is 9. The zero-order valence-corrected chi connectivity index (χ0v) is 29.1. The first-order chi connectivity index (χ1) is 25.5. The Kier molecular flexibility index (Phi) is 6.08. The summed E-state index contributed by atoms with van der Waals surface area (Å²) in [6.07, 6.45) is 0. The minimum atomic E-state index is -0.110. The quantitative estimate of drug-likeness (QED) is 0.172. The predicted molar refractivity (Wildman–Crippen MR) is 220 cm³/mol. The second-order valence-electron chi connectivity index (χ2n) is 14.9. The van der Waals surface area contributed by atoms with Gasteiger partial charge in [0.1, 0.15) is 11.2 Å². The van der Waals surface area contributed by atoms with E-state index in [1.54, 1.807) is 0 Å². The molecular weight excluding hydrogens is 629 g/mol. The lowest BCUT2D eigenvalue weighted by Crippen LogP contribution is -2.14. The lowest BCUT2D eigenvalue weighted by atomic mass is 9.82. The van der Waals surface area contributed by atoms with Crippen LogP contribution in [0.1, 0.15) is 25.0 Å². The molecule has 0 saturated heterocycles. The minimum Gasteiger partial charge on any atom is -0.456 e. The molecule has 1 nitrogen and oxygen atoms in total. The van der Waals surface area contributed by atoms with Crippen LogP contribution in [0.15, 0.2) is 174 Å². The Hall–Kier alpha value is -6.44. The number of rotatable bonds is 3. The van der Waals surface area contributed by atoms with Gasteiger partial charge < -0.3 is 4.42 Å². The highest BCUT2D eigenvalue weighted by Gasteiger charge is 2.36. The second kappa shape index (κ2) is 10.8. The smallest absolute Gasteiger partial charge is 0.135 e. The first-order valence-corrected chi connectivity index (χ1v) is 18.2. The Bertz CT molecular complexity index is 3030. The fourth-order valence-electron chi connectivity index (χ4n) is 9.07. The number of hydrogen-bond donors (Lipinski definition) is 0. The summed E-state index contributed by atoms with van der Waals surface area (Å²) in [5, 5.41) is 9.96. The van der Waals surface area contributed by atoms with Crippen LogP contribution >= 0.6 is 0 Å². The van der Waals surface area contributed by atoms with E-state index >= 15 is 0 Å². The SMILES string of the molecule is CC1(C)c2ccc(-c3ccc(-c4c5ccccc5c(-c5ccc6ccccc6c5)c5ccccc45)cc3)cc2-c2cc3c(cc21)oc1ccccc13. The Balaban J connectivity index is 1.04. The summed E-state index contributed by atoms with van der Waals surface area (Å²) in [4.78, 5) is 0. The molecule has 52 heavy (non-hydrogen) atoms. The molecule has 0 aliphatic heterocycles. The van der Waals surface area contributed by atoms with Crippen molar-refractivity contribution in [3.05, 3.63) is 181 Å². The molecule has 1 aromatic heterocycles. The van der Waals surface area contributed by atoms with E-state index in [0.29, 0.717) is 0 Å². The number of para-hydroxylation sites is 1. The van der Waals surface area contributed by atoms with E-state index in [1.165, 1.54) is 98.7 Å². The van der Waals surface area contributed by atoms with Gasteiger partial charge in [-0.15, -0.1) is 0 Å². The highest BCUT2D eigenvalue weighted by atomic mass is 16.3. The maximum absolute atomic E-state index is 6.31. The number of furan rings is 1. The van der Waals surface area contributed by atoms with Gasteiger partial charge >= 0.3 is 0 Å². The van der Waals surface area contributed by atoms with Gasteiger partial charge in [0.25, 0.3) is 0 Å². The molecule has 1 heterocycles. The second-order valence-corrected chi connectivity index (χ2v) is 14.9. The van der Waals surface area contributed by atoms with Gasteiger partial charge in [0.05, 0.1) is 0 Å². The Labute approximate surface area is 302 Å². The zero-order valence-electron chi connectivity index (χ0n) is 29.1. The number of benzene rings is 9. The van der Waals surface area contributed by atoms with Crippen molar-refractivity contribution in [2.45, 2.75) is 19.3 Å². The molecule has 1 aliphatic carbocycles. The minimum absolute atomic E-state index is 0.110. The van der Waals surface area contributed by atoms with E-state index < -0.39 is 0 Å². The molecule has 0 bridgehead atoms. The zero-order chi connectivity index (χ0) is 34.6. The fraction of sp³-hybridized carbons (Fsp3) is 0.0588. The van der Waals surface area contributed by atoms with Crippen molar-refractivity contribution in [3.63, 3.8) is 0 Å². The number of hydrogen-bond acceptors (Lipinski definition) is 1. The molecule has 244 valence electrons.